The van der Waals surface area contributed by atoms with Gasteiger partial charge in [-0.15, -0.1) is 0 Å². The Morgan fingerprint density at radius 1 is 0.795 bits per heavy atom. The maximum absolute atomic E-state index is 14.5. The van der Waals surface area contributed by atoms with Gasteiger partial charge in [-0.2, -0.15) is 0 Å². The Balaban J connectivity index is 1.72. The minimum atomic E-state index is -0.954. The lowest BCUT2D eigenvalue weighted by molar-refractivity contribution is -0.140. The molecule has 0 spiro atoms. The van der Waals surface area contributed by atoms with Crippen molar-refractivity contribution in [3.05, 3.63) is 114 Å². The second-order valence-corrected chi connectivity index (χ2v) is 12.0. The second kappa shape index (κ2) is 14.7. The van der Waals surface area contributed by atoms with Crippen molar-refractivity contribution in [2.75, 3.05) is 11.9 Å². The van der Waals surface area contributed by atoms with Crippen LogP contribution in [0.25, 0.3) is 10.8 Å². The summed E-state index contributed by atoms with van der Waals surface area (Å²) in [6.07, 6.45) is 1.02. The SMILES string of the molecule is CCCN(C(=O)C(Cc1ccccc1)NC(=O)OC(C)(C)C)C(C(=O)Nc1ccc2ccccc2c1)c1ccc(CC)cc1. The van der Waals surface area contributed by atoms with Crippen molar-refractivity contribution in [1.82, 2.24) is 10.2 Å². The molecule has 4 aromatic rings. The van der Waals surface area contributed by atoms with Crippen molar-refractivity contribution in [2.45, 2.75) is 71.6 Å². The van der Waals surface area contributed by atoms with Gasteiger partial charge in [0.1, 0.15) is 17.7 Å². The Labute approximate surface area is 260 Å². The van der Waals surface area contributed by atoms with E-state index in [1.807, 2.05) is 104 Å². The zero-order chi connectivity index (χ0) is 31.7. The number of alkyl carbamates (subject to hydrolysis) is 1. The fourth-order valence-corrected chi connectivity index (χ4v) is 5.19. The number of carbonyl (C=O) groups excluding carboxylic acids is 3. The second-order valence-electron chi connectivity index (χ2n) is 12.0. The number of ether oxygens (including phenoxy) is 1. The first-order chi connectivity index (χ1) is 21.1. The van der Waals surface area contributed by atoms with Crippen LogP contribution >= 0.6 is 0 Å². The Hall–Kier alpha value is -4.65. The largest absolute Gasteiger partial charge is 0.444 e. The van der Waals surface area contributed by atoms with Gasteiger partial charge in [-0.3, -0.25) is 9.59 Å². The number of nitrogens with one attached hydrogen (secondary N) is 2. The van der Waals surface area contributed by atoms with Crippen LogP contribution in [0, 0.1) is 0 Å². The molecule has 4 aromatic carbocycles. The fraction of sp³-hybridized carbons (Fsp3) is 0.324. The third kappa shape index (κ3) is 8.69. The van der Waals surface area contributed by atoms with E-state index in [0.717, 1.165) is 28.3 Å². The van der Waals surface area contributed by atoms with E-state index in [1.165, 1.54) is 0 Å². The maximum Gasteiger partial charge on any atom is 0.408 e. The van der Waals surface area contributed by atoms with Crippen LogP contribution in [-0.4, -0.2) is 41.0 Å². The van der Waals surface area contributed by atoms with Gasteiger partial charge in [0.15, 0.2) is 0 Å². The molecular weight excluding hydrogens is 550 g/mol. The third-order valence-corrected chi connectivity index (χ3v) is 7.30. The topological polar surface area (TPSA) is 87.7 Å². The molecule has 0 aliphatic carbocycles. The predicted molar refractivity (Wildman–Crippen MR) is 176 cm³/mol. The van der Waals surface area contributed by atoms with Gasteiger partial charge in [0.2, 0.25) is 5.91 Å². The number of rotatable bonds is 11. The minimum Gasteiger partial charge on any atom is -0.444 e. The maximum atomic E-state index is 14.5. The number of aryl methyl sites for hydroxylation is 1. The van der Waals surface area contributed by atoms with Gasteiger partial charge in [0.25, 0.3) is 5.91 Å². The van der Waals surface area contributed by atoms with Crippen molar-refractivity contribution in [3.63, 3.8) is 0 Å². The highest BCUT2D eigenvalue weighted by Gasteiger charge is 2.36. The number of carbonyl (C=O) groups is 3. The Kier molecular flexibility index (Phi) is 10.8. The Bertz CT molecular complexity index is 1560. The van der Waals surface area contributed by atoms with E-state index in [9.17, 15) is 14.4 Å². The minimum absolute atomic E-state index is 0.243. The molecule has 44 heavy (non-hydrogen) atoms. The van der Waals surface area contributed by atoms with Crippen LogP contribution in [0.15, 0.2) is 97.1 Å². The lowest BCUT2D eigenvalue weighted by Gasteiger charge is -2.34. The highest BCUT2D eigenvalue weighted by molar-refractivity contribution is 6.00. The number of anilines is 1. The van der Waals surface area contributed by atoms with E-state index in [0.29, 0.717) is 24.2 Å². The Morgan fingerprint density at radius 3 is 2.09 bits per heavy atom. The number of hydrogen-bond donors (Lipinski definition) is 2. The van der Waals surface area contributed by atoms with Crippen molar-refractivity contribution < 1.29 is 19.1 Å². The van der Waals surface area contributed by atoms with Gasteiger partial charge in [0.05, 0.1) is 0 Å². The van der Waals surface area contributed by atoms with Crippen LogP contribution in [0.3, 0.4) is 0 Å². The molecule has 0 bridgehead atoms. The molecule has 0 saturated heterocycles. The molecule has 0 saturated carbocycles. The van der Waals surface area contributed by atoms with Crippen LogP contribution in [0.2, 0.25) is 0 Å². The fourth-order valence-electron chi connectivity index (χ4n) is 5.19. The zero-order valence-electron chi connectivity index (χ0n) is 26.3. The van der Waals surface area contributed by atoms with Crippen molar-refractivity contribution in [1.29, 1.82) is 0 Å². The van der Waals surface area contributed by atoms with E-state index in [-0.39, 0.29) is 18.2 Å². The molecule has 2 unspecified atom stereocenters. The van der Waals surface area contributed by atoms with Crippen molar-refractivity contribution in [2.24, 2.45) is 0 Å². The summed E-state index contributed by atoms with van der Waals surface area (Å²) in [6.45, 7) is 9.67. The van der Waals surface area contributed by atoms with Crippen LogP contribution in [0.4, 0.5) is 10.5 Å². The molecule has 230 valence electrons. The van der Waals surface area contributed by atoms with E-state index in [4.69, 9.17) is 4.74 Å². The molecule has 0 fully saturated rings. The van der Waals surface area contributed by atoms with E-state index in [1.54, 1.807) is 25.7 Å². The molecule has 2 atom stereocenters. The lowest BCUT2D eigenvalue weighted by Crippen LogP contribution is -2.53. The highest BCUT2D eigenvalue weighted by atomic mass is 16.6. The molecule has 4 rings (SSSR count). The molecule has 0 aliphatic rings. The summed E-state index contributed by atoms with van der Waals surface area (Å²) in [5, 5.41) is 7.95. The Morgan fingerprint density at radius 2 is 1.45 bits per heavy atom. The van der Waals surface area contributed by atoms with Crippen molar-refractivity contribution in [3.8, 4) is 0 Å². The molecule has 7 nitrogen and oxygen atoms in total. The summed E-state index contributed by atoms with van der Waals surface area (Å²) in [6, 6.07) is 29.1. The first-order valence-electron chi connectivity index (χ1n) is 15.3. The summed E-state index contributed by atoms with van der Waals surface area (Å²) in [7, 11) is 0. The first-order valence-corrected chi connectivity index (χ1v) is 15.3. The number of nitrogens with zero attached hydrogens (tertiary/aromatic N) is 1. The van der Waals surface area contributed by atoms with Gasteiger partial charge < -0.3 is 20.3 Å². The van der Waals surface area contributed by atoms with Crippen LogP contribution in [0.1, 0.15) is 63.8 Å². The zero-order valence-corrected chi connectivity index (χ0v) is 26.3. The number of fused-ring (bicyclic) bond motifs is 1. The predicted octanol–water partition coefficient (Wildman–Crippen LogP) is 7.46. The molecular formula is C37H43N3O4. The summed E-state index contributed by atoms with van der Waals surface area (Å²) in [5.41, 5.74) is 2.60. The lowest BCUT2D eigenvalue weighted by atomic mass is 9.98. The molecule has 0 aliphatic heterocycles. The average Bonchev–Trinajstić information content (AvgIpc) is 3.00. The molecule has 2 N–H and O–H groups in total. The highest BCUT2D eigenvalue weighted by Crippen LogP contribution is 2.27. The quantitative estimate of drug-likeness (QED) is 0.189. The van der Waals surface area contributed by atoms with E-state index < -0.39 is 23.8 Å². The molecule has 3 amide bonds. The monoisotopic (exact) mass is 593 g/mol. The van der Waals surface area contributed by atoms with Gasteiger partial charge in [-0.1, -0.05) is 98.8 Å². The van der Waals surface area contributed by atoms with Gasteiger partial charge >= 0.3 is 6.09 Å². The summed E-state index contributed by atoms with van der Waals surface area (Å²) in [5.74, 6) is -0.693. The first kappa shape index (κ1) is 32.3. The molecule has 0 heterocycles. The van der Waals surface area contributed by atoms with E-state index >= 15 is 0 Å². The normalized spacial score (nSPS) is 12.7. The number of benzene rings is 4. The molecule has 7 heteroatoms. The van der Waals surface area contributed by atoms with E-state index in [2.05, 4.69) is 17.6 Å². The summed E-state index contributed by atoms with van der Waals surface area (Å²) < 4.78 is 5.53. The van der Waals surface area contributed by atoms with Gasteiger partial charge in [-0.05, 0) is 73.2 Å². The van der Waals surface area contributed by atoms with Crippen LogP contribution < -0.4 is 10.6 Å². The summed E-state index contributed by atoms with van der Waals surface area (Å²) >= 11 is 0. The molecule has 0 radical (unpaired) electrons. The number of hydrogen-bond acceptors (Lipinski definition) is 4. The molecule has 0 aromatic heterocycles. The average molecular weight is 594 g/mol. The van der Waals surface area contributed by atoms with Crippen LogP contribution in [0.5, 0.6) is 0 Å². The van der Waals surface area contributed by atoms with Gasteiger partial charge in [-0.25, -0.2) is 4.79 Å². The number of amides is 3. The standard InChI is InChI=1S/C37H43N3O4/c1-6-23-40(35(42)32(24-27-13-9-8-10-14-27)39-36(43)44-37(3,4)5)33(29-19-17-26(7-2)18-20-29)34(41)38-31-22-21-28-15-11-12-16-30(28)25-31/h8-22,25,32-33H,6-7,23-24H2,1-5H3,(H,38,41)(H,39,43). The van der Waals surface area contributed by atoms with Gasteiger partial charge in [0, 0.05) is 18.7 Å². The smallest absolute Gasteiger partial charge is 0.408 e. The van der Waals surface area contributed by atoms with Crippen LogP contribution in [-0.2, 0) is 27.2 Å². The van der Waals surface area contributed by atoms with Crippen molar-refractivity contribution >= 4 is 34.4 Å². The summed E-state index contributed by atoms with van der Waals surface area (Å²) in [4.78, 5) is 43.2. The third-order valence-electron chi connectivity index (χ3n) is 7.30.